The van der Waals surface area contributed by atoms with Gasteiger partial charge in [-0.3, -0.25) is 4.98 Å². The molecule has 1 unspecified atom stereocenters. The van der Waals surface area contributed by atoms with Crippen LogP contribution in [-0.2, 0) is 6.54 Å². The summed E-state index contributed by atoms with van der Waals surface area (Å²) in [5.74, 6) is 0.829. The Hall–Kier alpha value is -3.62. The number of nitrogens with zero attached hydrogens (tertiary/aromatic N) is 4. The smallest absolute Gasteiger partial charge is 0.118 e. The summed E-state index contributed by atoms with van der Waals surface area (Å²) in [5.41, 5.74) is 6.02. The number of nitriles is 1. The van der Waals surface area contributed by atoms with Gasteiger partial charge in [0.25, 0.3) is 0 Å². The maximum Gasteiger partial charge on any atom is 0.118 e. The number of rotatable bonds is 6. The Bertz CT molecular complexity index is 1250. The van der Waals surface area contributed by atoms with Gasteiger partial charge >= 0.3 is 0 Å². The number of benzene rings is 2. The Labute approximate surface area is 183 Å². The zero-order valence-corrected chi connectivity index (χ0v) is 18.3. The molecule has 0 aliphatic carbocycles. The van der Waals surface area contributed by atoms with Crippen LogP contribution in [0.25, 0.3) is 33.2 Å². The number of fused-ring (bicyclic) bond motifs is 1. The van der Waals surface area contributed by atoms with Crippen molar-refractivity contribution in [2.45, 2.75) is 19.5 Å². The third-order valence-corrected chi connectivity index (χ3v) is 5.83. The van der Waals surface area contributed by atoms with Crippen LogP contribution in [0.2, 0.25) is 0 Å². The summed E-state index contributed by atoms with van der Waals surface area (Å²) in [6, 6.07) is 18.7. The maximum atomic E-state index is 9.43. The molecule has 0 spiro atoms. The third kappa shape index (κ3) is 4.16. The van der Waals surface area contributed by atoms with Gasteiger partial charge in [-0.25, -0.2) is 0 Å². The fourth-order valence-electron chi connectivity index (χ4n) is 3.72. The second-order valence-electron chi connectivity index (χ2n) is 8.04. The van der Waals surface area contributed by atoms with Gasteiger partial charge in [0.2, 0.25) is 0 Å². The lowest BCUT2D eigenvalue weighted by Crippen LogP contribution is -2.28. The fraction of sp³-hybridized carbons (Fsp3) is 0.231. The van der Waals surface area contributed by atoms with Gasteiger partial charge in [-0.2, -0.15) is 5.26 Å². The molecule has 5 heteroatoms. The lowest BCUT2D eigenvalue weighted by Gasteiger charge is -2.20. The topological polar surface area (TPSA) is 54.1 Å². The highest BCUT2D eigenvalue weighted by Crippen LogP contribution is 2.33. The van der Waals surface area contributed by atoms with E-state index in [2.05, 4.69) is 53.8 Å². The SMILES string of the molecule is COc1ccc(-c2cncc(-c3cn(CC(C)N(C)C)c4ccc(C#N)cc34)c2)cc1. The fourth-order valence-corrected chi connectivity index (χ4v) is 3.72. The van der Waals surface area contributed by atoms with Crippen LogP contribution in [0.5, 0.6) is 5.75 Å². The molecule has 156 valence electrons. The molecule has 1 atom stereocenters. The minimum Gasteiger partial charge on any atom is -0.497 e. The highest BCUT2D eigenvalue weighted by Gasteiger charge is 2.15. The Morgan fingerprint density at radius 1 is 1.03 bits per heavy atom. The molecule has 0 aliphatic heterocycles. The number of aromatic nitrogens is 2. The molecule has 4 rings (SSSR count). The first kappa shape index (κ1) is 20.6. The summed E-state index contributed by atoms with van der Waals surface area (Å²) in [5, 5.41) is 10.5. The first-order valence-corrected chi connectivity index (χ1v) is 10.3. The van der Waals surface area contributed by atoms with Crippen LogP contribution in [0.1, 0.15) is 12.5 Å². The zero-order chi connectivity index (χ0) is 22.0. The summed E-state index contributed by atoms with van der Waals surface area (Å²) in [4.78, 5) is 6.72. The van der Waals surface area contributed by atoms with E-state index in [9.17, 15) is 5.26 Å². The molecule has 31 heavy (non-hydrogen) atoms. The maximum absolute atomic E-state index is 9.43. The Kier molecular flexibility index (Phi) is 5.75. The van der Waals surface area contributed by atoms with Crippen molar-refractivity contribution in [2.75, 3.05) is 21.2 Å². The van der Waals surface area contributed by atoms with E-state index in [-0.39, 0.29) is 0 Å². The summed E-state index contributed by atoms with van der Waals surface area (Å²) >= 11 is 0. The minimum absolute atomic E-state index is 0.378. The molecule has 2 heterocycles. The van der Waals surface area contributed by atoms with Gasteiger partial charge in [-0.1, -0.05) is 12.1 Å². The van der Waals surface area contributed by atoms with Crippen LogP contribution in [0, 0.1) is 11.3 Å². The molecule has 0 N–H and O–H groups in total. The summed E-state index contributed by atoms with van der Waals surface area (Å²) in [7, 11) is 5.85. The first-order valence-electron chi connectivity index (χ1n) is 10.3. The van der Waals surface area contributed by atoms with E-state index >= 15 is 0 Å². The molecule has 2 aromatic heterocycles. The molecular weight excluding hydrogens is 384 g/mol. The number of hydrogen-bond acceptors (Lipinski definition) is 4. The van der Waals surface area contributed by atoms with Gasteiger partial charge in [-0.15, -0.1) is 0 Å². The van der Waals surface area contributed by atoms with E-state index in [1.165, 1.54) is 0 Å². The Balaban J connectivity index is 1.82. The monoisotopic (exact) mass is 410 g/mol. The molecule has 0 amide bonds. The molecule has 0 radical (unpaired) electrons. The van der Waals surface area contributed by atoms with Crippen LogP contribution in [0.4, 0.5) is 0 Å². The van der Waals surface area contributed by atoms with Crippen molar-refractivity contribution < 1.29 is 4.74 Å². The first-order chi connectivity index (χ1) is 15.0. The highest BCUT2D eigenvalue weighted by atomic mass is 16.5. The predicted octanol–water partition coefficient (Wildman–Crippen LogP) is 5.20. The summed E-state index contributed by atoms with van der Waals surface area (Å²) < 4.78 is 7.55. The van der Waals surface area contributed by atoms with Gasteiger partial charge in [-0.05, 0) is 63.0 Å². The second kappa shape index (κ2) is 8.63. The number of ether oxygens (including phenoxy) is 1. The van der Waals surface area contributed by atoms with Crippen LogP contribution < -0.4 is 4.74 Å². The normalized spacial score (nSPS) is 12.1. The molecular formula is C26H26N4O. The number of methoxy groups -OCH3 is 1. The van der Waals surface area contributed by atoms with E-state index in [4.69, 9.17) is 4.74 Å². The zero-order valence-electron chi connectivity index (χ0n) is 18.3. The Morgan fingerprint density at radius 3 is 2.45 bits per heavy atom. The van der Waals surface area contributed by atoms with Crippen LogP contribution >= 0.6 is 0 Å². The number of likely N-dealkylation sites (N-methyl/N-ethyl adjacent to an activating group) is 1. The van der Waals surface area contributed by atoms with E-state index in [0.717, 1.165) is 45.5 Å². The van der Waals surface area contributed by atoms with Crippen molar-refractivity contribution in [3.8, 4) is 34.1 Å². The van der Waals surface area contributed by atoms with Crippen molar-refractivity contribution in [1.29, 1.82) is 5.26 Å². The lowest BCUT2D eigenvalue weighted by atomic mass is 10.0. The molecule has 0 fully saturated rings. The number of hydrogen-bond donors (Lipinski definition) is 0. The molecule has 0 aliphatic rings. The molecule has 0 bridgehead atoms. The summed E-state index contributed by atoms with van der Waals surface area (Å²) in [6.07, 6.45) is 5.94. The molecule has 5 nitrogen and oxygen atoms in total. The van der Waals surface area contributed by atoms with Gasteiger partial charge in [0.1, 0.15) is 5.75 Å². The third-order valence-electron chi connectivity index (χ3n) is 5.83. The van der Waals surface area contributed by atoms with Crippen LogP contribution in [0.15, 0.2) is 67.1 Å². The van der Waals surface area contributed by atoms with Crippen molar-refractivity contribution in [3.05, 3.63) is 72.7 Å². The highest BCUT2D eigenvalue weighted by molar-refractivity contribution is 5.97. The molecule has 2 aromatic carbocycles. The summed E-state index contributed by atoms with van der Waals surface area (Å²) in [6.45, 7) is 3.07. The minimum atomic E-state index is 0.378. The van der Waals surface area contributed by atoms with Crippen LogP contribution in [-0.4, -0.2) is 41.7 Å². The van der Waals surface area contributed by atoms with E-state index in [1.807, 2.05) is 54.9 Å². The standard InChI is InChI=1S/C26H26N4O/c1-18(29(2)3)16-30-17-25(24-11-19(13-27)5-10-26(24)30)22-12-21(14-28-15-22)20-6-8-23(31-4)9-7-20/h5-12,14-15,17-18H,16H2,1-4H3. The average molecular weight is 411 g/mol. The predicted molar refractivity (Wildman–Crippen MR) is 125 cm³/mol. The van der Waals surface area contributed by atoms with E-state index < -0.39 is 0 Å². The van der Waals surface area contributed by atoms with Crippen molar-refractivity contribution in [2.24, 2.45) is 0 Å². The van der Waals surface area contributed by atoms with Gasteiger partial charge in [0.05, 0.1) is 18.7 Å². The molecule has 0 saturated carbocycles. The second-order valence-corrected chi connectivity index (χ2v) is 8.04. The quantitative estimate of drug-likeness (QED) is 0.438. The van der Waals surface area contributed by atoms with Gasteiger partial charge < -0.3 is 14.2 Å². The largest absolute Gasteiger partial charge is 0.497 e. The number of pyridine rings is 1. The van der Waals surface area contributed by atoms with E-state index in [0.29, 0.717) is 11.6 Å². The van der Waals surface area contributed by atoms with Crippen molar-refractivity contribution in [3.63, 3.8) is 0 Å². The lowest BCUT2D eigenvalue weighted by molar-refractivity contribution is 0.286. The van der Waals surface area contributed by atoms with Crippen molar-refractivity contribution in [1.82, 2.24) is 14.5 Å². The average Bonchev–Trinajstić information content (AvgIpc) is 3.16. The van der Waals surface area contributed by atoms with Gasteiger partial charge in [0, 0.05) is 58.8 Å². The van der Waals surface area contributed by atoms with Gasteiger partial charge in [0.15, 0.2) is 0 Å². The van der Waals surface area contributed by atoms with E-state index in [1.54, 1.807) is 7.11 Å². The van der Waals surface area contributed by atoms with Crippen molar-refractivity contribution >= 4 is 10.9 Å². The Morgan fingerprint density at radius 2 is 1.77 bits per heavy atom. The van der Waals surface area contributed by atoms with Crippen LogP contribution in [0.3, 0.4) is 0 Å². The molecule has 0 saturated heterocycles. The molecule has 4 aromatic rings.